The van der Waals surface area contributed by atoms with Crippen molar-refractivity contribution < 1.29 is 17.9 Å². The van der Waals surface area contributed by atoms with Crippen LogP contribution < -0.4 is 0 Å². The summed E-state index contributed by atoms with van der Waals surface area (Å²) in [6.07, 6.45) is -4.78. The van der Waals surface area contributed by atoms with E-state index in [1.54, 1.807) is 0 Å². The van der Waals surface area contributed by atoms with Crippen LogP contribution in [0.15, 0.2) is 0 Å². The molecule has 0 aliphatic rings. The van der Waals surface area contributed by atoms with E-state index in [2.05, 4.69) is 15.9 Å². The van der Waals surface area contributed by atoms with Crippen molar-refractivity contribution in [2.75, 3.05) is 18.5 Å². The second kappa shape index (κ2) is 5.95. The van der Waals surface area contributed by atoms with Gasteiger partial charge in [0.1, 0.15) is 0 Å². The van der Waals surface area contributed by atoms with E-state index in [1.807, 2.05) is 13.8 Å². The molecule has 0 N–H and O–H groups in total. The van der Waals surface area contributed by atoms with Gasteiger partial charge in [-0.15, -0.1) is 0 Å². The number of alkyl halides is 4. The van der Waals surface area contributed by atoms with Crippen LogP contribution in [-0.2, 0) is 4.74 Å². The number of halogens is 4. The second-order valence-electron chi connectivity index (χ2n) is 4.07. The highest BCUT2D eigenvalue weighted by molar-refractivity contribution is 9.09. The van der Waals surface area contributed by atoms with Gasteiger partial charge in [-0.1, -0.05) is 29.8 Å². The van der Waals surface area contributed by atoms with E-state index in [0.29, 0.717) is 6.61 Å². The van der Waals surface area contributed by atoms with Crippen molar-refractivity contribution in [3.05, 3.63) is 0 Å². The molecule has 86 valence electrons. The van der Waals surface area contributed by atoms with Crippen LogP contribution in [0.3, 0.4) is 0 Å². The monoisotopic (exact) mass is 276 g/mol. The highest BCUT2D eigenvalue weighted by Crippen LogP contribution is 2.22. The molecule has 1 nitrogen and oxygen atoms in total. The van der Waals surface area contributed by atoms with Gasteiger partial charge in [-0.3, -0.25) is 0 Å². The maximum Gasteiger partial charge on any atom is 0.389 e. The summed E-state index contributed by atoms with van der Waals surface area (Å²) in [7, 11) is 0. The largest absolute Gasteiger partial charge is 0.389 e. The maximum absolute atomic E-state index is 11.7. The minimum atomic E-state index is -4.06. The van der Waals surface area contributed by atoms with Crippen molar-refractivity contribution in [2.24, 2.45) is 5.41 Å². The Bertz CT molecular complexity index is 157. The van der Waals surface area contributed by atoms with Crippen molar-refractivity contribution >= 4 is 15.9 Å². The fraction of sp³-hybridized carbons (Fsp3) is 1.00. The number of hydrogen-bond acceptors (Lipinski definition) is 1. The fourth-order valence-corrected chi connectivity index (χ4v) is 0.924. The van der Waals surface area contributed by atoms with Crippen LogP contribution >= 0.6 is 15.9 Å². The molecule has 0 bridgehead atoms. The predicted molar refractivity (Wildman–Crippen MR) is 53.7 cm³/mol. The highest BCUT2D eigenvalue weighted by atomic mass is 79.9. The lowest BCUT2D eigenvalue weighted by atomic mass is 9.98. The summed E-state index contributed by atoms with van der Waals surface area (Å²) in [4.78, 5) is 0. The Labute approximate surface area is 91.1 Å². The maximum atomic E-state index is 11.7. The van der Waals surface area contributed by atoms with E-state index in [4.69, 9.17) is 4.74 Å². The smallest absolute Gasteiger partial charge is 0.381 e. The molecular formula is C9H16BrF3O. The van der Waals surface area contributed by atoms with Crippen molar-refractivity contribution in [3.63, 3.8) is 0 Å². The number of ether oxygens (including phenoxy) is 1. The molecule has 0 unspecified atom stereocenters. The molecule has 0 saturated heterocycles. The van der Waals surface area contributed by atoms with E-state index < -0.39 is 12.6 Å². The molecule has 0 aromatic carbocycles. The standard InChI is InChI=1S/C9H16BrF3O/c1-8(2,6-10)7-14-5-3-4-9(11,12)13/h3-7H2,1-2H3. The summed E-state index contributed by atoms with van der Waals surface area (Å²) < 4.78 is 40.3. The van der Waals surface area contributed by atoms with Gasteiger partial charge in [0.05, 0.1) is 6.61 Å². The van der Waals surface area contributed by atoms with Crippen LogP contribution in [0, 0.1) is 5.41 Å². The molecular weight excluding hydrogens is 261 g/mol. The zero-order valence-corrected chi connectivity index (χ0v) is 10.0. The van der Waals surface area contributed by atoms with Gasteiger partial charge in [0.15, 0.2) is 0 Å². The molecule has 14 heavy (non-hydrogen) atoms. The summed E-state index contributed by atoms with van der Waals surface area (Å²) in [6, 6.07) is 0. The van der Waals surface area contributed by atoms with Crippen LogP contribution in [0.5, 0.6) is 0 Å². The third-order valence-corrected chi connectivity index (χ3v) is 3.12. The Balaban J connectivity index is 3.39. The first-order chi connectivity index (χ1) is 6.27. The minimum absolute atomic E-state index is 0.0156. The Morgan fingerprint density at radius 3 is 2.21 bits per heavy atom. The predicted octanol–water partition coefficient (Wildman–Crippen LogP) is 3.77. The summed E-state index contributed by atoms with van der Waals surface area (Å²) in [6.45, 7) is 4.64. The number of rotatable bonds is 6. The summed E-state index contributed by atoms with van der Waals surface area (Å²) >= 11 is 3.31. The van der Waals surface area contributed by atoms with Crippen LogP contribution in [0.4, 0.5) is 13.2 Å². The van der Waals surface area contributed by atoms with E-state index in [9.17, 15) is 13.2 Å². The van der Waals surface area contributed by atoms with Gasteiger partial charge < -0.3 is 4.74 Å². The van der Waals surface area contributed by atoms with Gasteiger partial charge in [0.2, 0.25) is 0 Å². The van der Waals surface area contributed by atoms with Crippen LogP contribution in [0.25, 0.3) is 0 Å². The van der Waals surface area contributed by atoms with E-state index in [1.165, 1.54) is 0 Å². The Kier molecular flexibility index (Phi) is 6.05. The molecule has 0 radical (unpaired) electrons. The molecule has 0 saturated carbocycles. The average molecular weight is 277 g/mol. The molecule has 0 aliphatic heterocycles. The normalized spacial score (nSPS) is 13.3. The first kappa shape index (κ1) is 14.2. The first-order valence-electron chi connectivity index (χ1n) is 4.47. The lowest BCUT2D eigenvalue weighted by Gasteiger charge is -2.21. The summed E-state index contributed by atoms with van der Waals surface area (Å²) in [5.74, 6) is 0. The summed E-state index contributed by atoms with van der Waals surface area (Å²) in [5.41, 5.74) is -0.0156. The lowest BCUT2D eigenvalue weighted by molar-refractivity contribution is -0.138. The molecule has 0 fully saturated rings. The lowest BCUT2D eigenvalue weighted by Crippen LogP contribution is -2.21. The molecule has 5 heteroatoms. The Hall–Kier alpha value is 0.230. The van der Waals surface area contributed by atoms with Crippen molar-refractivity contribution in [1.82, 2.24) is 0 Å². The zero-order valence-electron chi connectivity index (χ0n) is 8.46. The zero-order chi connectivity index (χ0) is 11.2. The van der Waals surface area contributed by atoms with Gasteiger partial charge in [0, 0.05) is 18.4 Å². The van der Waals surface area contributed by atoms with Gasteiger partial charge >= 0.3 is 6.18 Å². The molecule has 0 aliphatic carbocycles. The fourth-order valence-electron chi connectivity index (χ4n) is 0.762. The molecule has 0 amide bonds. The van der Waals surface area contributed by atoms with E-state index >= 15 is 0 Å². The highest BCUT2D eigenvalue weighted by Gasteiger charge is 2.26. The van der Waals surface area contributed by atoms with Gasteiger partial charge in [-0.05, 0) is 11.8 Å². The van der Waals surface area contributed by atoms with Gasteiger partial charge in [-0.25, -0.2) is 0 Å². The van der Waals surface area contributed by atoms with Crippen molar-refractivity contribution in [3.8, 4) is 0 Å². The molecule has 0 aromatic rings. The Morgan fingerprint density at radius 2 is 1.79 bits per heavy atom. The molecule has 0 spiro atoms. The topological polar surface area (TPSA) is 9.23 Å². The second-order valence-corrected chi connectivity index (χ2v) is 4.63. The third kappa shape index (κ3) is 8.81. The average Bonchev–Trinajstić information content (AvgIpc) is 2.01. The van der Waals surface area contributed by atoms with E-state index in [-0.39, 0.29) is 18.4 Å². The van der Waals surface area contributed by atoms with Gasteiger partial charge in [-0.2, -0.15) is 13.2 Å². The van der Waals surface area contributed by atoms with Crippen LogP contribution in [0.2, 0.25) is 0 Å². The van der Waals surface area contributed by atoms with Crippen molar-refractivity contribution in [1.29, 1.82) is 0 Å². The molecule has 0 rings (SSSR count). The number of hydrogen-bond donors (Lipinski definition) is 0. The van der Waals surface area contributed by atoms with Crippen LogP contribution in [0.1, 0.15) is 26.7 Å². The van der Waals surface area contributed by atoms with Crippen molar-refractivity contribution in [2.45, 2.75) is 32.9 Å². The first-order valence-corrected chi connectivity index (χ1v) is 5.59. The summed E-state index contributed by atoms with van der Waals surface area (Å²) in [5, 5.41) is 0.777. The minimum Gasteiger partial charge on any atom is -0.381 e. The SMILES string of the molecule is CC(C)(CBr)COCCCC(F)(F)F. The van der Waals surface area contributed by atoms with Gasteiger partial charge in [0.25, 0.3) is 0 Å². The molecule has 0 atom stereocenters. The van der Waals surface area contributed by atoms with Crippen LogP contribution in [-0.4, -0.2) is 24.7 Å². The Morgan fingerprint density at radius 1 is 1.21 bits per heavy atom. The molecule has 0 aromatic heterocycles. The molecule has 0 heterocycles. The quantitative estimate of drug-likeness (QED) is 0.530. The third-order valence-electron chi connectivity index (χ3n) is 1.60. The van der Waals surface area contributed by atoms with E-state index in [0.717, 1.165) is 5.33 Å².